The molecule has 87 heavy (non-hydrogen) atoms. The van der Waals surface area contributed by atoms with Crippen LogP contribution in [0.1, 0.15) is 258 Å². The molecule has 510 valence electrons. The summed E-state index contributed by atoms with van der Waals surface area (Å²) in [5.74, 6) is -0.285. The highest BCUT2D eigenvalue weighted by molar-refractivity contribution is 5.76. The first-order chi connectivity index (χ1) is 42.3. The maximum Gasteiger partial charge on any atom is 0.220 e. The molecule has 0 saturated carbocycles. The summed E-state index contributed by atoms with van der Waals surface area (Å²) in [5, 5.41) is 120. The highest BCUT2D eigenvalue weighted by Gasteiger charge is 2.53. The molecule has 19 nitrogen and oxygen atoms in total. The first-order valence-electron chi connectivity index (χ1n) is 34.7. The van der Waals surface area contributed by atoms with E-state index in [1.54, 1.807) is 6.08 Å². The highest BCUT2D eigenvalue weighted by atomic mass is 16.8. The third-order valence-electron chi connectivity index (χ3n) is 17.4. The van der Waals surface area contributed by atoms with Crippen LogP contribution in [0.15, 0.2) is 36.5 Å². The van der Waals surface area contributed by atoms with Gasteiger partial charge in [-0.15, -0.1) is 0 Å². The van der Waals surface area contributed by atoms with Crippen molar-refractivity contribution in [2.45, 2.75) is 362 Å². The van der Waals surface area contributed by atoms with E-state index >= 15 is 0 Å². The van der Waals surface area contributed by atoms with E-state index in [4.69, 9.17) is 28.4 Å². The molecule has 0 aromatic rings. The van der Waals surface area contributed by atoms with Gasteiger partial charge in [0.15, 0.2) is 18.9 Å². The number of hydrogen-bond donors (Lipinski definition) is 12. The molecule has 3 fully saturated rings. The zero-order chi connectivity index (χ0) is 63.3. The van der Waals surface area contributed by atoms with Gasteiger partial charge in [0, 0.05) is 6.42 Å². The standard InChI is InChI=1S/C68H125NO18/c1-3-5-7-9-11-13-14-15-16-17-18-19-20-21-22-23-24-25-26-27-28-29-30-31-32-33-34-35-36-38-40-42-44-46-56(74)69-51(52(73)45-43-41-39-37-12-10-8-6-4-2)50-82-66-62(80)59(77)64(54(48-71)84-66)87-68-63(81)60(78)65(55(49-72)85-68)86-67-61(79)58(76)57(75)53(47-70)83-67/h12,17-18,37,43,45,51-55,57-68,70-73,75-81H,3-11,13-16,19-36,38-42,44,46-50H2,1-2H3,(H,69,74)/b18-17-,37-12+,45-43+. The highest BCUT2D eigenvalue weighted by Crippen LogP contribution is 2.33. The third-order valence-corrected chi connectivity index (χ3v) is 17.4. The first kappa shape index (κ1) is 79.2. The van der Waals surface area contributed by atoms with Gasteiger partial charge in [-0.3, -0.25) is 4.79 Å². The Hall–Kier alpha value is -1.99. The molecule has 3 heterocycles. The van der Waals surface area contributed by atoms with Gasteiger partial charge in [0.1, 0.15) is 73.2 Å². The van der Waals surface area contributed by atoms with Crippen LogP contribution in [0.5, 0.6) is 0 Å². The van der Waals surface area contributed by atoms with Crippen molar-refractivity contribution in [1.82, 2.24) is 5.32 Å². The van der Waals surface area contributed by atoms with Crippen molar-refractivity contribution in [3.8, 4) is 0 Å². The molecule has 0 radical (unpaired) electrons. The average molecular weight is 1240 g/mol. The third kappa shape index (κ3) is 32.9. The zero-order valence-electron chi connectivity index (χ0n) is 53.8. The Balaban J connectivity index is 1.31. The lowest BCUT2D eigenvalue weighted by atomic mass is 9.96. The largest absolute Gasteiger partial charge is 0.394 e. The number of unbranched alkanes of at least 4 members (excludes halogenated alkanes) is 33. The molecule has 0 bridgehead atoms. The lowest BCUT2D eigenvalue weighted by Crippen LogP contribution is -2.66. The van der Waals surface area contributed by atoms with Crippen LogP contribution in [0.25, 0.3) is 0 Å². The van der Waals surface area contributed by atoms with E-state index in [9.17, 15) is 61.0 Å². The van der Waals surface area contributed by atoms with E-state index < -0.39 is 124 Å². The van der Waals surface area contributed by atoms with Crippen molar-refractivity contribution >= 4 is 5.91 Å². The smallest absolute Gasteiger partial charge is 0.220 e. The molecule has 17 unspecified atom stereocenters. The maximum atomic E-state index is 13.3. The van der Waals surface area contributed by atoms with Crippen molar-refractivity contribution in [2.75, 3.05) is 26.4 Å². The SMILES string of the molecule is CCCCC/C=C/CC/C=C/C(O)C(COC1OC(CO)C(OC2OC(CO)C(OC3OC(CO)C(O)C(O)C3O)C(O)C2O)C(O)C1O)NC(=O)CCCCCCCCCCCCCCCCCCCCCCC/C=C\CCCCCCCCCC. The molecule has 0 aromatic carbocycles. The van der Waals surface area contributed by atoms with Crippen LogP contribution >= 0.6 is 0 Å². The van der Waals surface area contributed by atoms with E-state index in [0.29, 0.717) is 12.8 Å². The molecule has 0 aliphatic carbocycles. The van der Waals surface area contributed by atoms with Crippen LogP contribution in [0.3, 0.4) is 0 Å². The van der Waals surface area contributed by atoms with Crippen molar-refractivity contribution in [1.29, 1.82) is 0 Å². The number of rotatable bonds is 53. The average Bonchev–Trinajstić information content (AvgIpc) is 3.66. The zero-order valence-corrected chi connectivity index (χ0v) is 53.8. The second-order valence-electron chi connectivity index (χ2n) is 25.0. The van der Waals surface area contributed by atoms with Gasteiger partial charge in [-0.05, 0) is 57.8 Å². The number of carbonyl (C=O) groups excluding carboxylic acids is 1. The molecule has 0 spiro atoms. The van der Waals surface area contributed by atoms with Crippen LogP contribution in [0.4, 0.5) is 0 Å². The lowest BCUT2D eigenvalue weighted by molar-refractivity contribution is -0.379. The number of aliphatic hydroxyl groups is 11. The molecule has 1 amide bonds. The molecule has 3 saturated heterocycles. The Labute approximate surface area is 523 Å². The summed E-state index contributed by atoms with van der Waals surface area (Å²) < 4.78 is 34.2. The summed E-state index contributed by atoms with van der Waals surface area (Å²) in [6.07, 6.45) is 31.9. The van der Waals surface area contributed by atoms with Crippen LogP contribution < -0.4 is 5.32 Å². The quantitative estimate of drug-likeness (QED) is 0.0200. The Bertz CT molecular complexity index is 1720. The van der Waals surface area contributed by atoms with Crippen LogP contribution in [-0.2, 0) is 33.2 Å². The fourth-order valence-electron chi connectivity index (χ4n) is 11.7. The van der Waals surface area contributed by atoms with Crippen molar-refractivity contribution < 1.29 is 89.4 Å². The second kappa shape index (κ2) is 50.6. The van der Waals surface area contributed by atoms with Crippen LogP contribution in [-0.4, -0.2) is 193 Å². The van der Waals surface area contributed by atoms with Gasteiger partial charge in [0.25, 0.3) is 0 Å². The summed E-state index contributed by atoms with van der Waals surface area (Å²) in [7, 11) is 0. The number of nitrogens with one attached hydrogen (secondary N) is 1. The van der Waals surface area contributed by atoms with Gasteiger partial charge in [-0.25, -0.2) is 0 Å². The molecule has 0 aromatic heterocycles. The Morgan fingerprint density at radius 2 is 0.736 bits per heavy atom. The molecule has 3 rings (SSSR count). The van der Waals surface area contributed by atoms with Gasteiger partial charge in [-0.2, -0.15) is 0 Å². The van der Waals surface area contributed by atoms with Gasteiger partial charge in [-0.1, -0.05) is 230 Å². The van der Waals surface area contributed by atoms with Gasteiger partial charge < -0.3 is 89.9 Å². The predicted molar refractivity (Wildman–Crippen MR) is 337 cm³/mol. The first-order valence-corrected chi connectivity index (χ1v) is 34.7. The Kier molecular flexibility index (Phi) is 46.0. The molecular formula is C68H125NO18. The minimum Gasteiger partial charge on any atom is -0.394 e. The van der Waals surface area contributed by atoms with Crippen LogP contribution in [0.2, 0.25) is 0 Å². The number of ether oxygens (including phenoxy) is 6. The molecule has 17 atom stereocenters. The Morgan fingerprint density at radius 1 is 0.402 bits per heavy atom. The summed E-state index contributed by atoms with van der Waals surface area (Å²) in [6, 6.07) is -0.986. The molecule has 3 aliphatic rings. The summed E-state index contributed by atoms with van der Waals surface area (Å²) in [6.45, 7) is 1.66. The minimum atomic E-state index is -1.98. The number of hydrogen-bond acceptors (Lipinski definition) is 18. The number of aliphatic hydroxyl groups excluding tert-OH is 11. The molecule has 12 N–H and O–H groups in total. The number of carbonyl (C=O) groups is 1. The van der Waals surface area contributed by atoms with E-state index in [1.807, 2.05) is 6.08 Å². The van der Waals surface area contributed by atoms with Crippen molar-refractivity contribution in [3.05, 3.63) is 36.5 Å². The van der Waals surface area contributed by atoms with E-state index in [1.165, 1.54) is 180 Å². The van der Waals surface area contributed by atoms with Gasteiger partial charge in [0.2, 0.25) is 5.91 Å². The fourth-order valence-corrected chi connectivity index (χ4v) is 11.7. The normalized spacial score (nSPS) is 28.8. The number of allylic oxidation sites excluding steroid dienone is 5. The van der Waals surface area contributed by atoms with Crippen LogP contribution in [0, 0.1) is 0 Å². The number of amides is 1. The summed E-state index contributed by atoms with van der Waals surface area (Å²) >= 11 is 0. The minimum absolute atomic E-state index is 0.238. The Morgan fingerprint density at radius 3 is 1.17 bits per heavy atom. The lowest BCUT2D eigenvalue weighted by Gasteiger charge is -2.48. The summed E-state index contributed by atoms with van der Waals surface area (Å²) in [4.78, 5) is 13.3. The van der Waals surface area contributed by atoms with E-state index in [-0.39, 0.29) is 18.9 Å². The second-order valence-corrected chi connectivity index (χ2v) is 25.0. The molecule has 3 aliphatic heterocycles. The van der Waals surface area contributed by atoms with Crippen molar-refractivity contribution in [2.24, 2.45) is 0 Å². The van der Waals surface area contributed by atoms with E-state index in [0.717, 1.165) is 44.9 Å². The van der Waals surface area contributed by atoms with Gasteiger partial charge in [0.05, 0.1) is 38.6 Å². The fraction of sp³-hybridized carbons (Fsp3) is 0.897. The monoisotopic (exact) mass is 1240 g/mol. The van der Waals surface area contributed by atoms with Gasteiger partial charge >= 0.3 is 0 Å². The maximum absolute atomic E-state index is 13.3. The van der Waals surface area contributed by atoms with Crippen molar-refractivity contribution in [3.63, 3.8) is 0 Å². The predicted octanol–water partition coefficient (Wildman–Crippen LogP) is 8.83. The van der Waals surface area contributed by atoms with E-state index in [2.05, 4.69) is 43.5 Å². The molecule has 19 heteroatoms. The molecular weight excluding hydrogens is 1120 g/mol. The summed E-state index contributed by atoms with van der Waals surface area (Å²) in [5.41, 5.74) is 0. The topological polar surface area (TPSA) is 307 Å².